The predicted octanol–water partition coefficient (Wildman–Crippen LogP) is 3.64. The zero-order valence-corrected chi connectivity index (χ0v) is 13.4. The zero-order valence-electron chi connectivity index (χ0n) is 13.4. The molecule has 0 saturated carbocycles. The van der Waals surface area contributed by atoms with Crippen LogP contribution in [0.3, 0.4) is 0 Å². The van der Waals surface area contributed by atoms with Crippen LogP contribution in [0.1, 0.15) is 59.7 Å². The van der Waals surface area contributed by atoms with Crippen molar-refractivity contribution in [3.05, 3.63) is 18.2 Å². The monoisotopic (exact) mass is 265 g/mol. The van der Waals surface area contributed by atoms with Crippen molar-refractivity contribution in [2.75, 3.05) is 6.54 Å². The van der Waals surface area contributed by atoms with Gasteiger partial charge in [0.05, 0.1) is 0 Å². The van der Waals surface area contributed by atoms with Crippen LogP contribution in [-0.2, 0) is 13.0 Å². The Morgan fingerprint density at radius 1 is 1.32 bits per heavy atom. The molecule has 0 bridgehead atoms. The molecule has 0 spiro atoms. The number of rotatable bonds is 8. The molecule has 0 radical (unpaired) electrons. The minimum Gasteiger partial charge on any atom is -0.335 e. The lowest BCUT2D eigenvalue weighted by molar-refractivity contribution is 0.251. The van der Waals surface area contributed by atoms with Gasteiger partial charge in [0, 0.05) is 31.4 Å². The summed E-state index contributed by atoms with van der Waals surface area (Å²) in [6.07, 6.45) is 8.70. The maximum absolute atomic E-state index is 4.45. The van der Waals surface area contributed by atoms with Crippen molar-refractivity contribution in [1.82, 2.24) is 14.9 Å². The quantitative estimate of drug-likeness (QED) is 0.777. The zero-order chi connectivity index (χ0) is 14.3. The fourth-order valence-electron chi connectivity index (χ4n) is 2.48. The van der Waals surface area contributed by atoms with Crippen LogP contribution in [0.25, 0.3) is 0 Å². The Morgan fingerprint density at radius 3 is 2.63 bits per heavy atom. The van der Waals surface area contributed by atoms with Crippen LogP contribution in [-0.4, -0.2) is 22.1 Å². The summed E-state index contributed by atoms with van der Waals surface area (Å²) in [4.78, 5) is 4.45. The third-order valence-corrected chi connectivity index (χ3v) is 3.72. The van der Waals surface area contributed by atoms with Gasteiger partial charge in [-0.2, -0.15) is 0 Å². The number of nitrogens with one attached hydrogen (secondary N) is 1. The molecule has 1 aromatic heterocycles. The Kier molecular flexibility index (Phi) is 6.56. The first kappa shape index (κ1) is 16.2. The first-order chi connectivity index (χ1) is 8.99. The highest BCUT2D eigenvalue weighted by molar-refractivity contribution is 4.93. The van der Waals surface area contributed by atoms with Crippen LogP contribution in [0.15, 0.2) is 12.4 Å². The first-order valence-corrected chi connectivity index (χ1v) is 7.72. The molecule has 0 aliphatic carbocycles. The van der Waals surface area contributed by atoms with Crippen molar-refractivity contribution in [3.63, 3.8) is 0 Å². The molecule has 1 heterocycles. The van der Waals surface area contributed by atoms with E-state index < -0.39 is 0 Å². The van der Waals surface area contributed by atoms with Gasteiger partial charge in [-0.1, -0.05) is 27.7 Å². The highest BCUT2D eigenvalue weighted by Gasteiger charge is 2.23. The van der Waals surface area contributed by atoms with Crippen molar-refractivity contribution < 1.29 is 0 Å². The lowest BCUT2D eigenvalue weighted by Crippen LogP contribution is -2.40. The Morgan fingerprint density at radius 2 is 2.05 bits per heavy atom. The average molecular weight is 265 g/mol. The maximum atomic E-state index is 4.45. The number of aromatic nitrogens is 2. The van der Waals surface area contributed by atoms with Gasteiger partial charge in [0.2, 0.25) is 0 Å². The highest BCUT2D eigenvalue weighted by atomic mass is 15.0. The van der Waals surface area contributed by atoms with E-state index in [1.165, 1.54) is 25.1 Å². The summed E-state index contributed by atoms with van der Waals surface area (Å²) in [6.45, 7) is 13.5. The second-order valence-corrected chi connectivity index (χ2v) is 6.39. The Labute approximate surface area is 118 Å². The van der Waals surface area contributed by atoms with E-state index >= 15 is 0 Å². The Bertz CT molecular complexity index is 349. The van der Waals surface area contributed by atoms with Crippen molar-refractivity contribution in [2.24, 2.45) is 5.41 Å². The molecular formula is C16H31N3. The number of hydrogen-bond acceptors (Lipinski definition) is 2. The molecule has 3 heteroatoms. The van der Waals surface area contributed by atoms with Gasteiger partial charge in [0.1, 0.15) is 5.82 Å². The Balaban J connectivity index is 2.44. The smallest absolute Gasteiger partial charge is 0.108 e. The lowest BCUT2D eigenvalue weighted by atomic mass is 9.83. The van der Waals surface area contributed by atoms with Gasteiger partial charge in [-0.15, -0.1) is 0 Å². The van der Waals surface area contributed by atoms with Crippen molar-refractivity contribution in [2.45, 2.75) is 72.9 Å². The number of nitrogens with zero attached hydrogens (tertiary/aromatic N) is 2. The summed E-state index contributed by atoms with van der Waals surface area (Å²) in [6, 6.07) is 0.595. The van der Waals surface area contributed by atoms with Gasteiger partial charge in [-0.05, 0) is 38.1 Å². The van der Waals surface area contributed by atoms with Gasteiger partial charge in [-0.3, -0.25) is 0 Å². The molecule has 1 rings (SSSR count). The van der Waals surface area contributed by atoms with Crippen molar-refractivity contribution >= 4 is 0 Å². The molecule has 0 saturated heterocycles. The SMILES string of the molecule is CCCNC(CCCc1nccn1CC)C(C)(C)C. The normalized spacial score (nSPS) is 13.7. The first-order valence-electron chi connectivity index (χ1n) is 7.72. The molecule has 1 N–H and O–H groups in total. The molecule has 1 atom stereocenters. The number of hydrogen-bond donors (Lipinski definition) is 1. The molecule has 110 valence electrons. The summed E-state index contributed by atoms with van der Waals surface area (Å²) in [5.41, 5.74) is 0.329. The molecule has 0 fully saturated rings. The van der Waals surface area contributed by atoms with E-state index in [9.17, 15) is 0 Å². The summed E-state index contributed by atoms with van der Waals surface area (Å²) in [5.74, 6) is 1.23. The highest BCUT2D eigenvalue weighted by Crippen LogP contribution is 2.23. The summed E-state index contributed by atoms with van der Waals surface area (Å²) < 4.78 is 2.24. The van der Waals surface area contributed by atoms with Crippen LogP contribution >= 0.6 is 0 Å². The van der Waals surface area contributed by atoms with Crippen molar-refractivity contribution in [3.8, 4) is 0 Å². The van der Waals surface area contributed by atoms with Gasteiger partial charge in [0.15, 0.2) is 0 Å². The average Bonchev–Trinajstić information content (AvgIpc) is 2.79. The fourth-order valence-corrected chi connectivity index (χ4v) is 2.48. The molecule has 1 unspecified atom stereocenters. The Hall–Kier alpha value is -0.830. The molecule has 0 aromatic carbocycles. The molecule has 19 heavy (non-hydrogen) atoms. The van der Waals surface area contributed by atoms with E-state index in [0.29, 0.717) is 11.5 Å². The van der Waals surface area contributed by atoms with Crippen LogP contribution in [0.5, 0.6) is 0 Å². The molecule has 0 aliphatic rings. The van der Waals surface area contributed by atoms with Crippen molar-refractivity contribution in [1.29, 1.82) is 0 Å². The second kappa shape index (κ2) is 7.68. The van der Waals surface area contributed by atoms with Crippen LogP contribution in [0.4, 0.5) is 0 Å². The lowest BCUT2D eigenvalue weighted by Gasteiger charge is -2.31. The topological polar surface area (TPSA) is 29.9 Å². The number of imidazole rings is 1. The van der Waals surface area contributed by atoms with Gasteiger partial charge >= 0.3 is 0 Å². The van der Waals surface area contributed by atoms with Gasteiger partial charge < -0.3 is 9.88 Å². The minimum atomic E-state index is 0.329. The van der Waals surface area contributed by atoms with E-state index in [-0.39, 0.29) is 0 Å². The van der Waals surface area contributed by atoms with Gasteiger partial charge in [-0.25, -0.2) is 4.98 Å². The summed E-state index contributed by atoms with van der Waals surface area (Å²) in [7, 11) is 0. The number of aryl methyl sites for hydroxylation is 2. The van der Waals surface area contributed by atoms with Crippen LogP contribution in [0.2, 0.25) is 0 Å². The van der Waals surface area contributed by atoms with E-state index in [1.807, 2.05) is 6.20 Å². The van der Waals surface area contributed by atoms with E-state index in [0.717, 1.165) is 19.5 Å². The summed E-state index contributed by atoms with van der Waals surface area (Å²) >= 11 is 0. The molecular weight excluding hydrogens is 234 g/mol. The third-order valence-electron chi connectivity index (χ3n) is 3.72. The molecule has 0 aliphatic heterocycles. The second-order valence-electron chi connectivity index (χ2n) is 6.39. The fraction of sp³-hybridized carbons (Fsp3) is 0.812. The van der Waals surface area contributed by atoms with Crippen LogP contribution in [0, 0.1) is 5.41 Å². The summed E-state index contributed by atoms with van der Waals surface area (Å²) in [5, 5.41) is 3.69. The maximum Gasteiger partial charge on any atom is 0.108 e. The van der Waals surface area contributed by atoms with E-state index in [1.54, 1.807) is 0 Å². The molecule has 3 nitrogen and oxygen atoms in total. The predicted molar refractivity (Wildman–Crippen MR) is 82.4 cm³/mol. The third kappa shape index (κ3) is 5.35. The van der Waals surface area contributed by atoms with E-state index in [4.69, 9.17) is 0 Å². The van der Waals surface area contributed by atoms with Crippen LogP contribution < -0.4 is 5.32 Å². The van der Waals surface area contributed by atoms with Gasteiger partial charge in [0.25, 0.3) is 0 Å². The standard InChI is InChI=1S/C16H31N3/c1-6-11-17-14(16(3,4)5)9-8-10-15-18-12-13-19(15)7-2/h12-14,17H,6-11H2,1-5H3. The minimum absolute atomic E-state index is 0.329. The molecule has 0 amide bonds. The largest absolute Gasteiger partial charge is 0.335 e. The van der Waals surface area contributed by atoms with E-state index in [2.05, 4.69) is 55.7 Å². The molecule has 1 aromatic rings.